The Morgan fingerprint density at radius 3 is 1.06 bits per heavy atom. The highest BCUT2D eigenvalue weighted by molar-refractivity contribution is 14.1. The lowest BCUT2D eigenvalue weighted by Gasteiger charge is -2.05. The molecule has 0 aliphatic heterocycles. The van der Waals surface area contributed by atoms with Crippen molar-refractivity contribution in [2.24, 2.45) is 0 Å². The van der Waals surface area contributed by atoms with E-state index >= 15 is 0 Å². The van der Waals surface area contributed by atoms with Gasteiger partial charge in [0.15, 0.2) is 5.82 Å². The highest BCUT2D eigenvalue weighted by atomic mass is 127. The van der Waals surface area contributed by atoms with Crippen LogP contribution in [-0.4, -0.2) is 44.9 Å². The van der Waals surface area contributed by atoms with Gasteiger partial charge in [0.2, 0.25) is 5.95 Å². The number of hydrogen-bond donors (Lipinski definition) is 0. The molecule has 17 heteroatoms. The number of aryl methyl sites for hydroxylation is 11. The van der Waals surface area contributed by atoms with Crippen LogP contribution in [0, 0.1) is 91.6 Å². The van der Waals surface area contributed by atoms with E-state index in [2.05, 4.69) is 147 Å². The molecule has 0 bridgehead atoms. The Labute approximate surface area is 496 Å². The van der Waals surface area contributed by atoms with Crippen LogP contribution in [0.25, 0.3) is 0 Å². The summed E-state index contributed by atoms with van der Waals surface area (Å²) in [4.78, 5) is 34.1. The summed E-state index contributed by atoms with van der Waals surface area (Å²) in [6.45, 7) is 21.5. The van der Waals surface area contributed by atoms with Gasteiger partial charge in [0.05, 0.1) is 18.0 Å². The lowest BCUT2D eigenvalue weighted by molar-refractivity contribution is -0.137. The molecule has 0 atom stereocenters. The van der Waals surface area contributed by atoms with Gasteiger partial charge in [0.25, 0.3) is 0 Å². The molecule has 10 rings (SSSR count). The van der Waals surface area contributed by atoms with Crippen molar-refractivity contribution in [1.82, 2.24) is 44.9 Å². The quantitative estimate of drug-likeness (QED) is 0.0831. The van der Waals surface area contributed by atoms with Crippen molar-refractivity contribution in [1.29, 1.82) is 0 Å². The molecule has 0 aliphatic rings. The number of aromatic nitrogens is 9. The summed E-state index contributed by atoms with van der Waals surface area (Å²) < 4.78 is 61.6. The first-order valence-corrected chi connectivity index (χ1v) is 26.7. The molecule has 10 aromatic rings. The minimum atomic E-state index is -4.21. The molecule has 7 heterocycles. The van der Waals surface area contributed by atoms with Crippen molar-refractivity contribution in [2.75, 3.05) is 0 Å². The fourth-order valence-corrected chi connectivity index (χ4v) is 5.56. The van der Waals surface area contributed by atoms with E-state index in [-0.39, 0.29) is 0 Å². The van der Waals surface area contributed by atoms with Gasteiger partial charge in [-0.1, -0.05) is 125 Å². The molecule has 0 spiro atoms. The first-order chi connectivity index (χ1) is 37.9. The van der Waals surface area contributed by atoms with Crippen molar-refractivity contribution in [3.8, 4) is 0 Å². The third kappa shape index (κ3) is 40.0. The molecule has 0 amide bonds. The van der Waals surface area contributed by atoms with Crippen LogP contribution in [0.3, 0.4) is 0 Å². The molecule has 0 unspecified atom stereocenters. The maximum atomic E-state index is 12.0. The minimum Gasteiger partial charge on any atom is -0.265 e. The van der Waals surface area contributed by atoms with Crippen molar-refractivity contribution in [3.05, 3.63) is 300 Å². The van der Waals surface area contributed by atoms with Gasteiger partial charge in [-0.05, 0) is 197 Å². The predicted octanol–water partition coefficient (Wildman–Crippen LogP) is 18.1. The predicted molar refractivity (Wildman–Crippen MR) is 327 cm³/mol. The van der Waals surface area contributed by atoms with Crippen LogP contribution in [-0.2, 0) is 6.18 Å². The zero-order chi connectivity index (χ0) is 59.7. The molecule has 0 radical (unpaired) electrons. The summed E-state index contributed by atoms with van der Waals surface area (Å²) in [5.74, 6) is 0.597. The largest absolute Gasteiger partial charge is 0.416 e. The van der Waals surface area contributed by atoms with Gasteiger partial charge in [-0.3, -0.25) is 9.97 Å². The van der Waals surface area contributed by atoms with Gasteiger partial charge in [0.1, 0.15) is 25.1 Å². The van der Waals surface area contributed by atoms with E-state index in [1.54, 1.807) is 63.0 Å². The average Bonchev–Trinajstić information content (AvgIpc) is 3.44. The standard InChI is InChI=1S/C8H7F3.C8H10.C7H8.C6H6BrN.C6H6ClN.C6H6FN.C6H6IN.C6H7N.C5H5FN2.C5H6N2/c1-6-2-4-7(5-3-6)8(9,10)11;1-7-3-5-8(2)6-4-7;1-7-5-3-2-4-6-7;4*1-5-2-3-6(7)8-4-5;1-6-2-4-7-5-3-6;1-4-7-2-5(6)3-8-4;1-5-6-3-2-4-7-5/h2-5H,1H3;3-6H,1-2H3;2-6H,1H3;4*2-4H,1H3;2-5H,1H3;2-3H,1H3;2-4H,1H3. The Bertz CT molecular complexity index is 2530. The summed E-state index contributed by atoms with van der Waals surface area (Å²) in [6.07, 6.45) is 12.0. The minimum absolute atomic E-state index is 0.393. The molecule has 0 saturated carbocycles. The van der Waals surface area contributed by atoms with Crippen LogP contribution in [0.15, 0.2) is 212 Å². The molecule has 9 nitrogen and oxygen atoms in total. The topological polar surface area (TPSA) is 116 Å². The molecular weight excluding hydrogens is 1220 g/mol. The van der Waals surface area contributed by atoms with Gasteiger partial charge in [0, 0.05) is 49.6 Å². The van der Waals surface area contributed by atoms with E-state index < -0.39 is 23.5 Å². The van der Waals surface area contributed by atoms with E-state index in [0.717, 1.165) is 55.3 Å². The van der Waals surface area contributed by atoms with Gasteiger partial charge in [-0.2, -0.15) is 17.6 Å². The molecule has 0 saturated heterocycles. The molecule has 7 aromatic heterocycles. The zero-order valence-corrected chi connectivity index (χ0v) is 51.2. The van der Waals surface area contributed by atoms with E-state index in [9.17, 15) is 22.0 Å². The van der Waals surface area contributed by atoms with E-state index in [0.29, 0.717) is 11.0 Å². The number of hydrogen-bond acceptors (Lipinski definition) is 9. The normalized spacial score (nSPS) is 9.44. The van der Waals surface area contributed by atoms with E-state index in [1.807, 2.05) is 109 Å². The number of benzene rings is 3. The van der Waals surface area contributed by atoms with E-state index in [1.165, 1.54) is 57.8 Å². The summed E-state index contributed by atoms with van der Waals surface area (Å²) >= 11 is 10.9. The van der Waals surface area contributed by atoms with Gasteiger partial charge < -0.3 is 0 Å². The van der Waals surface area contributed by atoms with Gasteiger partial charge >= 0.3 is 6.18 Å². The zero-order valence-electron chi connectivity index (χ0n) is 46.7. The number of rotatable bonds is 0. The van der Waals surface area contributed by atoms with Crippen LogP contribution in [0.4, 0.5) is 22.0 Å². The Kier molecular flexibility index (Phi) is 36.9. The monoisotopic (exact) mass is 1290 g/mol. The maximum Gasteiger partial charge on any atom is 0.416 e. The first-order valence-electron chi connectivity index (χ1n) is 24.5. The maximum absolute atomic E-state index is 12.0. The SMILES string of the molecule is Cc1ccc(Br)nc1.Cc1ccc(C(F)(F)F)cc1.Cc1ccc(C)cc1.Cc1ccc(Cl)nc1.Cc1ccc(F)nc1.Cc1ccc(I)nc1.Cc1ccccc1.Cc1ccncc1.Cc1ncc(F)cn1.Cc1ncccn1. The Hall–Kier alpha value is -7.28. The number of alkyl halides is 3. The number of halogens is 8. The molecule has 420 valence electrons. The van der Waals surface area contributed by atoms with Crippen LogP contribution in [0.1, 0.15) is 67.3 Å². The van der Waals surface area contributed by atoms with Crippen molar-refractivity contribution < 1.29 is 22.0 Å². The van der Waals surface area contributed by atoms with Crippen LogP contribution < -0.4 is 0 Å². The van der Waals surface area contributed by atoms with Crippen LogP contribution in [0.2, 0.25) is 5.15 Å². The average molecular weight is 1290 g/mol. The Morgan fingerprint density at radius 1 is 0.375 bits per heavy atom. The summed E-state index contributed by atoms with van der Waals surface area (Å²) in [7, 11) is 0. The molecule has 3 aromatic carbocycles. The second-order valence-corrected chi connectivity index (χ2v) is 19.4. The van der Waals surface area contributed by atoms with Gasteiger partial charge in [-0.15, -0.1) is 0 Å². The molecular formula is C63H67BrClF5IN9. The van der Waals surface area contributed by atoms with Crippen LogP contribution >= 0.6 is 50.1 Å². The number of nitrogens with zero attached hydrogens (tertiary/aromatic N) is 9. The second-order valence-electron chi connectivity index (χ2n) is 17.1. The smallest absolute Gasteiger partial charge is 0.265 e. The third-order valence-corrected chi connectivity index (χ3v) is 10.7. The molecule has 80 heavy (non-hydrogen) atoms. The Balaban J connectivity index is 0.000000446. The number of pyridine rings is 5. The first kappa shape index (κ1) is 70.7. The molecule has 0 fully saturated rings. The fourth-order valence-electron chi connectivity index (χ4n) is 4.89. The Morgan fingerprint density at radius 2 is 0.775 bits per heavy atom. The van der Waals surface area contributed by atoms with Crippen molar-refractivity contribution in [3.63, 3.8) is 0 Å². The fraction of sp³-hybridized carbons (Fsp3) is 0.190. The lowest BCUT2D eigenvalue weighted by atomic mass is 10.1. The van der Waals surface area contributed by atoms with Crippen molar-refractivity contribution >= 4 is 50.1 Å². The highest BCUT2D eigenvalue weighted by Crippen LogP contribution is 2.28. The summed E-state index contributed by atoms with van der Waals surface area (Å²) in [5, 5.41) is 0.551. The van der Waals surface area contributed by atoms with Crippen molar-refractivity contribution in [2.45, 2.75) is 82.3 Å². The summed E-state index contributed by atoms with van der Waals surface area (Å²) in [6, 6.07) is 44.2. The lowest BCUT2D eigenvalue weighted by Crippen LogP contribution is -2.03. The highest BCUT2D eigenvalue weighted by Gasteiger charge is 2.29. The second kappa shape index (κ2) is 41.7. The van der Waals surface area contributed by atoms with E-state index in [4.69, 9.17) is 11.6 Å². The third-order valence-electron chi connectivity index (χ3n) is 9.33. The van der Waals surface area contributed by atoms with Gasteiger partial charge in [-0.25, -0.2) is 39.3 Å². The molecule has 0 N–H and O–H groups in total. The summed E-state index contributed by atoms with van der Waals surface area (Å²) in [5.41, 5.74) is 9.99. The molecule has 0 aliphatic carbocycles. The van der Waals surface area contributed by atoms with Crippen LogP contribution in [0.5, 0.6) is 0 Å².